The fourth-order valence-corrected chi connectivity index (χ4v) is 3.69. The van der Waals surface area contributed by atoms with Gasteiger partial charge in [0.2, 0.25) is 0 Å². The Morgan fingerprint density at radius 2 is 2.00 bits per heavy atom. The van der Waals surface area contributed by atoms with Crippen molar-refractivity contribution < 1.29 is 4.79 Å². The van der Waals surface area contributed by atoms with Gasteiger partial charge in [-0.25, -0.2) is 9.97 Å². The van der Waals surface area contributed by atoms with Crippen LogP contribution >= 0.6 is 11.3 Å². The average molecular weight is 327 g/mol. The van der Waals surface area contributed by atoms with Gasteiger partial charge in [-0.3, -0.25) is 4.79 Å². The summed E-state index contributed by atoms with van der Waals surface area (Å²) in [6, 6.07) is 3.94. The summed E-state index contributed by atoms with van der Waals surface area (Å²) in [6.07, 6.45) is 5.39. The second-order valence-corrected chi connectivity index (χ2v) is 6.58. The van der Waals surface area contributed by atoms with E-state index in [1.54, 1.807) is 17.7 Å². The van der Waals surface area contributed by atoms with E-state index >= 15 is 0 Å². The van der Waals surface area contributed by atoms with E-state index < -0.39 is 0 Å². The van der Waals surface area contributed by atoms with Crippen molar-refractivity contribution in [3.8, 4) is 0 Å². The first kappa shape index (κ1) is 14.2. The number of hydrogen-bond donors (Lipinski definition) is 0. The minimum Gasteiger partial charge on any atom is -0.356 e. The van der Waals surface area contributed by atoms with Gasteiger partial charge in [-0.05, 0) is 17.5 Å². The SMILES string of the molecule is Cn1ccc(C(=O)N2CCN(c3ncnc4sccc34)CC2)c1. The molecule has 118 valence electrons. The molecule has 1 fully saturated rings. The fraction of sp³-hybridized carbons (Fsp3) is 0.312. The number of carbonyl (C=O) groups excluding carboxylic acids is 1. The summed E-state index contributed by atoms with van der Waals surface area (Å²) in [4.78, 5) is 26.4. The molecule has 1 aliphatic heterocycles. The average Bonchev–Trinajstić information content (AvgIpc) is 3.22. The Bertz CT molecular complexity index is 847. The van der Waals surface area contributed by atoms with Crippen LogP contribution in [0.4, 0.5) is 5.82 Å². The third-order valence-corrected chi connectivity index (χ3v) is 5.01. The van der Waals surface area contributed by atoms with E-state index in [2.05, 4.69) is 20.9 Å². The molecule has 0 unspecified atom stereocenters. The monoisotopic (exact) mass is 327 g/mol. The van der Waals surface area contributed by atoms with Gasteiger partial charge < -0.3 is 14.4 Å². The highest BCUT2D eigenvalue weighted by Crippen LogP contribution is 2.27. The first-order valence-electron chi connectivity index (χ1n) is 7.57. The maximum absolute atomic E-state index is 12.5. The van der Waals surface area contributed by atoms with Crippen LogP contribution in [-0.2, 0) is 7.05 Å². The summed E-state index contributed by atoms with van der Waals surface area (Å²) in [5, 5.41) is 3.14. The summed E-state index contributed by atoms with van der Waals surface area (Å²) >= 11 is 1.63. The van der Waals surface area contributed by atoms with E-state index in [0.717, 1.165) is 34.7 Å². The minimum atomic E-state index is 0.105. The number of rotatable bonds is 2. The minimum absolute atomic E-state index is 0.105. The molecule has 0 atom stereocenters. The quantitative estimate of drug-likeness (QED) is 0.722. The van der Waals surface area contributed by atoms with Crippen LogP contribution in [-0.4, -0.2) is 51.5 Å². The molecular formula is C16H17N5OS. The summed E-state index contributed by atoms with van der Waals surface area (Å²) in [6.45, 7) is 3.01. The Morgan fingerprint density at radius 1 is 1.17 bits per heavy atom. The fourth-order valence-electron chi connectivity index (χ4n) is 2.96. The number of aryl methyl sites for hydroxylation is 1. The lowest BCUT2D eigenvalue weighted by Gasteiger charge is -2.35. The molecule has 6 nitrogen and oxygen atoms in total. The van der Waals surface area contributed by atoms with Gasteiger partial charge >= 0.3 is 0 Å². The van der Waals surface area contributed by atoms with Crippen LogP contribution in [0, 0.1) is 0 Å². The molecule has 4 rings (SSSR count). The molecule has 1 amide bonds. The van der Waals surface area contributed by atoms with Crippen LogP contribution in [0.3, 0.4) is 0 Å². The first-order valence-corrected chi connectivity index (χ1v) is 8.45. The maximum Gasteiger partial charge on any atom is 0.255 e. The normalized spacial score (nSPS) is 15.3. The van der Waals surface area contributed by atoms with Gasteiger partial charge in [0.05, 0.1) is 10.9 Å². The topological polar surface area (TPSA) is 54.3 Å². The molecule has 0 radical (unpaired) electrons. The van der Waals surface area contributed by atoms with Crippen molar-refractivity contribution in [1.29, 1.82) is 0 Å². The number of anilines is 1. The van der Waals surface area contributed by atoms with Gasteiger partial charge in [-0.1, -0.05) is 0 Å². The van der Waals surface area contributed by atoms with Crippen LogP contribution in [0.5, 0.6) is 0 Å². The standard InChI is InChI=1S/C16H17N5OS/c1-19-4-2-12(10-19)16(22)21-7-5-20(6-8-21)14-13-3-9-23-15(13)18-11-17-14/h2-4,9-11H,5-8H2,1H3. The Kier molecular flexibility index (Phi) is 3.49. The van der Waals surface area contributed by atoms with Gasteiger partial charge in [0.1, 0.15) is 17.0 Å². The summed E-state index contributed by atoms with van der Waals surface area (Å²) in [5.74, 6) is 1.08. The van der Waals surface area contributed by atoms with Crippen molar-refractivity contribution in [2.45, 2.75) is 0 Å². The summed E-state index contributed by atoms with van der Waals surface area (Å²) in [5.41, 5.74) is 0.753. The molecule has 0 saturated carbocycles. The van der Waals surface area contributed by atoms with Crippen molar-refractivity contribution in [3.63, 3.8) is 0 Å². The second kappa shape index (κ2) is 5.66. The third-order valence-electron chi connectivity index (χ3n) is 4.19. The Morgan fingerprint density at radius 3 is 2.74 bits per heavy atom. The van der Waals surface area contributed by atoms with E-state index in [4.69, 9.17) is 0 Å². The molecule has 0 N–H and O–H groups in total. The number of aromatic nitrogens is 3. The molecule has 3 aromatic rings. The highest BCUT2D eigenvalue weighted by atomic mass is 32.1. The van der Waals surface area contributed by atoms with Crippen molar-refractivity contribution in [2.75, 3.05) is 31.1 Å². The highest BCUT2D eigenvalue weighted by molar-refractivity contribution is 7.16. The molecule has 1 saturated heterocycles. The van der Waals surface area contributed by atoms with E-state index in [0.29, 0.717) is 13.1 Å². The molecule has 0 bridgehead atoms. The van der Waals surface area contributed by atoms with Crippen LogP contribution < -0.4 is 4.90 Å². The number of hydrogen-bond acceptors (Lipinski definition) is 5. The molecular weight excluding hydrogens is 310 g/mol. The smallest absolute Gasteiger partial charge is 0.255 e. The number of nitrogens with zero attached hydrogens (tertiary/aromatic N) is 5. The largest absolute Gasteiger partial charge is 0.356 e. The predicted molar refractivity (Wildman–Crippen MR) is 90.9 cm³/mol. The van der Waals surface area contributed by atoms with Gasteiger partial charge in [0.15, 0.2) is 0 Å². The van der Waals surface area contributed by atoms with Crippen molar-refractivity contribution in [3.05, 3.63) is 41.8 Å². The van der Waals surface area contributed by atoms with E-state index in [1.807, 2.05) is 40.4 Å². The zero-order chi connectivity index (χ0) is 15.8. The van der Waals surface area contributed by atoms with Crippen LogP contribution in [0.2, 0.25) is 0 Å². The number of fused-ring (bicyclic) bond motifs is 1. The molecule has 0 aromatic carbocycles. The molecule has 7 heteroatoms. The predicted octanol–water partition coefficient (Wildman–Crippen LogP) is 1.99. The maximum atomic E-state index is 12.5. The molecule has 1 aliphatic rings. The lowest BCUT2D eigenvalue weighted by atomic mass is 10.2. The lowest BCUT2D eigenvalue weighted by Crippen LogP contribution is -2.49. The molecule has 3 aromatic heterocycles. The number of carbonyl (C=O) groups is 1. The Labute approximate surface area is 138 Å². The van der Waals surface area contributed by atoms with Crippen LogP contribution in [0.15, 0.2) is 36.2 Å². The zero-order valence-corrected chi connectivity index (χ0v) is 13.7. The van der Waals surface area contributed by atoms with Gasteiger partial charge in [0, 0.05) is 45.6 Å². The molecule has 0 spiro atoms. The molecule has 4 heterocycles. The van der Waals surface area contributed by atoms with Crippen LogP contribution in [0.25, 0.3) is 10.2 Å². The third kappa shape index (κ3) is 2.57. The Balaban J connectivity index is 1.49. The Hall–Kier alpha value is -2.41. The van der Waals surface area contributed by atoms with Crippen molar-refractivity contribution >= 4 is 33.3 Å². The number of amides is 1. The van der Waals surface area contributed by atoms with E-state index in [1.165, 1.54) is 0 Å². The molecule has 23 heavy (non-hydrogen) atoms. The van der Waals surface area contributed by atoms with Crippen molar-refractivity contribution in [1.82, 2.24) is 19.4 Å². The molecule has 0 aliphatic carbocycles. The van der Waals surface area contributed by atoms with Gasteiger partial charge in [-0.15, -0.1) is 11.3 Å². The van der Waals surface area contributed by atoms with Gasteiger partial charge in [0.25, 0.3) is 5.91 Å². The van der Waals surface area contributed by atoms with E-state index in [-0.39, 0.29) is 5.91 Å². The second-order valence-electron chi connectivity index (χ2n) is 5.68. The summed E-state index contributed by atoms with van der Waals surface area (Å²) < 4.78 is 1.90. The number of thiophene rings is 1. The van der Waals surface area contributed by atoms with Gasteiger partial charge in [-0.2, -0.15) is 0 Å². The van der Waals surface area contributed by atoms with E-state index in [9.17, 15) is 4.79 Å². The number of piperazine rings is 1. The van der Waals surface area contributed by atoms with Crippen molar-refractivity contribution in [2.24, 2.45) is 7.05 Å². The highest BCUT2D eigenvalue weighted by Gasteiger charge is 2.24. The summed E-state index contributed by atoms with van der Waals surface area (Å²) in [7, 11) is 1.93. The zero-order valence-electron chi connectivity index (χ0n) is 12.8. The van der Waals surface area contributed by atoms with Crippen LogP contribution in [0.1, 0.15) is 10.4 Å². The first-order chi connectivity index (χ1) is 11.2. The lowest BCUT2D eigenvalue weighted by molar-refractivity contribution is 0.0746.